The van der Waals surface area contributed by atoms with Crippen LogP contribution in [0.2, 0.25) is 0 Å². The standard InChI is InChI=1S/C20H16F2N2O2S/c1-3-9-24-19-16(22)11-14(21)12-17(19)27-20(24)23-18(25)10-13-5-7-15(8-6-13)26-4-2/h1,5-8,11-12H,4,9-10H2,2H3. The Balaban J connectivity index is 1.94. The van der Waals surface area contributed by atoms with Crippen LogP contribution in [0.25, 0.3) is 10.2 Å². The number of carbonyl (C=O) groups excluding carboxylic acids is 1. The molecule has 1 amide bonds. The highest BCUT2D eigenvalue weighted by atomic mass is 32.1. The van der Waals surface area contributed by atoms with Gasteiger partial charge in [-0.2, -0.15) is 4.99 Å². The van der Waals surface area contributed by atoms with E-state index < -0.39 is 17.5 Å². The quantitative estimate of drug-likeness (QED) is 0.628. The summed E-state index contributed by atoms with van der Waals surface area (Å²) in [7, 11) is 0. The number of fused-ring (bicyclic) bond motifs is 1. The Bertz CT molecular complexity index is 1090. The third-order valence-electron chi connectivity index (χ3n) is 3.75. The fourth-order valence-electron chi connectivity index (χ4n) is 2.64. The summed E-state index contributed by atoms with van der Waals surface area (Å²) >= 11 is 1.02. The maximum atomic E-state index is 14.2. The van der Waals surface area contributed by atoms with Gasteiger partial charge in [-0.05, 0) is 30.7 Å². The first kappa shape index (κ1) is 18.8. The van der Waals surface area contributed by atoms with Gasteiger partial charge in [0.1, 0.15) is 11.6 Å². The minimum atomic E-state index is -0.739. The number of nitrogens with zero attached hydrogens (tertiary/aromatic N) is 2. The molecule has 0 atom stereocenters. The average molecular weight is 386 g/mol. The van der Waals surface area contributed by atoms with Crippen LogP contribution in [0.1, 0.15) is 12.5 Å². The van der Waals surface area contributed by atoms with E-state index in [0.29, 0.717) is 11.3 Å². The van der Waals surface area contributed by atoms with Crippen molar-refractivity contribution in [2.45, 2.75) is 19.9 Å². The van der Waals surface area contributed by atoms with Crippen LogP contribution in [0, 0.1) is 24.0 Å². The van der Waals surface area contributed by atoms with Gasteiger partial charge in [0.05, 0.1) is 29.8 Å². The molecule has 0 fully saturated rings. The summed E-state index contributed by atoms with van der Waals surface area (Å²) in [6.07, 6.45) is 5.43. The number of hydrogen-bond donors (Lipinski definition) is 0. The van der Waals surface area contributed by atoms with E-state index in [9.17, 15) is 13.6 Å². The molecule has 3 rings (SSSR count). The van der Waals surface area contributed by atoms with Crippen molar-refractivity contribution in [3.8, 4) is 18.1 Å². The van der Waals surface area contributed by atoms with E-state index in [2.05, 4.69) is 10.9 Å². The molecular formula is C20H16F2N2O2S. The van der Waals surface area contributed by atoms with E-state index in [1.165, 1.54) is 10.6 Å². The van der Waals surface area contributed by atoms with Gasteiger partial charge in [-0.3, -0.25) is 4.79 Å². The summed E-state index contributed by atoms with van der Waals surface area (Å²) in [5.74, 6) is 1.29. The highest BCUT2D eigenvalue weighted by molar-refractivity contribution is 7.16. The van der Waals surface area contributed by atoms with Crippen LogP contribution < -0.4 is 9.54 Å². The highest BCUT2D eigenvalue weighted by Crippen LogP contribution is 2.22. The third kappa shape index (κ3) is 4.23. The number of aromatic nitrogens is 1. The van der Waals surface area contributed by atoms with Gasteiger partial charge in [-0.1, -0.05) is 29.4 Å². The molecule has 0 saturated carbocycles. The van der Waals surface area contributed by atoms with Gasteiger partial charge in [0, 0.05) is 6.07 Å². The Morgan fingerprint density at radius 2 is 2.04 bits per heavy atom. The van der Waals surface area contributed by atoms with E-state index in [-0.39, 0.29) is 23.3 Å². The smallest absolute Gasteiger partial charge is 0.252 e. The van der Waals surface area contributed by atoms with Crippen LogP contribution in [-0.2, 0) is 17.8 Å². The van der Waals surface area contributed by atoms with E-state index in [0.717, 1.165) is 28.7 Å². The van der Waals surface area contributed by atoms with Crippen molar-refractivity contribution in [1.29, 1.82) is 0 Å². The van der Waals surface area contributed by atoms with Crippen molar-refractivity contribution in [3.05, 3.63) is 58.4 Å². The van der Waals surface area contributed by atoms with Gasteiger partial charge in [0.25, 0.3) is 5.91 Å². The third-order valence-corrected chi connectivity index (χ3v) is 4.78. The van der Waals surface area contributed by atoms with E-state index in [4.69, 9.17) is 11.2 Å². The average Bonchev–Trinajstić information content (AvgIpc) is 2.94. The molecule has 3 aromatic rings. The van der Waals surface area contributed by atoms with Crippen LogP contribution in [0.4, 0.5) is 8.78 Å². The van der Waals surface area contributed by atoms with Gasteiger partial charge in [-0.15, -0.1) is 6.42 Å². The van der Waals surface area contributed by atoms with Crippen LogP contribution in [-0.4, -0.2) is 17.1 Å². The van der Waals surface area contributed by atoms with Crippen LogP contribution in [0.5, 0.6) is 5.75 Å². The molecule has 138 valence electrons. The van der Waals surface area contributed by atoms with Gasteiger partial charge >= 0.3 is 0 Å². The number of rotatable bonds is 5. The van der Waals surface area contributed by atoms with Crippen molar-refractivity contribution in [2.24, 2.45) is 4.99 Å². The maximum Gasteiger partial charge on any atom is 0.252 e. The first-order valence-corrected chi connectivity index (χ1v) is 9.04. The minimum absolute atomic E-state index is 0.0255. The highest BCUT2D eigenvalue weighted by Gasteiger charge is 2.13. The van der Waals surface area contributed by atoms with Gasteiger partial charge in [0.2, 0.25) is 0 Å². The van der Waals surface area contributed by atoms with Crippen molar-refractivity contribution < 1.29 is 18.3 Å². The molecule has 0 spiro atoms. The second kappa shape index (κ2) is 8.14. The number of terminal acetylenes is 1. The van der Waals surface area contributed by atoms with Crippen LogP contribution in [0.3, 0.4) is 0 Å². The Morgan fingerprint density at radius 1 is 1.30 bits per heavy atom. The normalized spacial score (nSPS) is 11.6. The van der Waals surface area contributed by atoms with Crippen molar-refractivity contribution >= 4 is 27.5 Å². The van der Waals surface area contributed by atoms with Crippen molar-refractivity contribution in [2.75, 3.05) is 6.61 Å². The predicted molar refractivity (Wildman–Crippen MR) is 100 cm³/mol. The number of carbonyl (C=O) groups is 1. The number of hydrogen-bond acceptors (Lipinski definition) is 3. The topological polar surface area (TPSA) is 43.6 Å². The first-order valence-electron chi connectivity index (χ1n) is 8.23. The summed E-state index contributed by atoms with van der Waals surface area (Å²) in [4.78, 5) is 16.7. The van der Waals surface area contributed by atoms with Crippen LogP contribution >= 0.6 is 11.3 Å². The largest absolute Gasteiger partial charge is 0.494 e. The molecule has 0 saturated heterocycles. The summed E-state index contributed by atoms with van der Waals surface area (Å²) in [5, 5.41) is 0. The lowest BCUT2D eigenvalue weighted by atomic mass is 10.1. The summed E-state index contributed by atoms with van der Waals surface area (Å²) in [6.45, 7) is 2.48. The molecule has 27 heavy (non-hydrogen) atoms. The molecule has 0 bridgehead atoms. The number of ether oxygens (including phenoxy) is 1. The molecule has 0 unspecified atom stereocenters. The fourth-order valence-corrected chi connectivity index (χ4v) is 3.73. The molecule has 4 nitrogen and oxygen atoms in total. The zero-order chi connectivity index (χ0) is 19.4. The number of benzene rings is 2. The van der Waals surface area contributed by atoms with E-state index >= 15 is 0 Å². The lowest BCUT2D eigenvalue weighted by Crippen LogP contribution is -2.17. The van der Waals surface area contributed by atoms with Crippen LogP contribution in [0.15, 0.2) is 41.4 Å². The van der Waals surface area contributed by atoms with E-state index in [1.807, 2.05) is 6.92 Å². The SMILES string of the molecule is C#CCn1c(=NC(=O)Cc2ccc(OCC)cc2)sc2cc(F)cc(F)c21. The number of halogens is 2. The second-order valence-electron chi connectivity index (χ2n) is 5.67. The first-order chi connectivity index (χ1) is 13.0. The molecule has 0 aliphatic heterocycles. The number of thiazole rings is 1. The Morgan fingerprint density at radius 3 is 2.70 bits per heavy atom. The molecule has 2 aromatic carbocycles. The van der Waals surface area contributed by atoms with Gasteiger partial charge < -0.3 is 9.30 Å². The molecule has 1 aromatic heterocycles. The second-order valence-corrected chi connectivity index (χ2v) is 6.68. The molecule has 0 N–H and O–H groups in total. The van der Waals surface area contributed by atoms with Gasteiger partial charge in [-0.25, -0.2) is 8.78 Å². The summed E-state index contributed by atoms with van der Waals surface area (Å²) < 4.78 is 34.8. The lowest BCUT2D eigenvalue weighted by molar-refractivity contribution is -0.117. The van der Waals surface area contributed by atoms with Gasteiger partial charge in [0.15, 0.2) is 10.6 Å². The monoisotopic (exact) mass is 386 g/mol. The molecule has 0 radical (unpaired) electrons. The molecule has 1 heterocycles. The molecule has 0 aliphatic rings. The van der Waals surface area contributed by atoms with Crippen molar-refractivity contribution in [3.63, 3.8) is 0 Å². The fraction of sp³-hybridized carbons (Fsp3) is 0.200. The maximum absolute atomic E-state index is 14.2. The summed E-state index contributed by atoms with van der Waals surface area (Å²) in [6, 6.07) is 9.12. The van der Waals surface area contributed by atoms with E-state index in [1.54, 1.807) is 24.3 Å². The Hall–Kier alpha value is -2.98. The Labute approximate surface area is 158 Å². The van der Waals surface area contributed by atoms with Crippen molar-refractivity contribution in [1.82, 2.24) is 4.57 Å². The number of amides is 1. The molecule has 0 aliphatic carbocycles. The molecular weight excluding hydrogens is 370 g/mol. The zero-order valence-corrected chi connectivity index (χ0v) is 15.4. The zero-order valence-electron chi connectivity index (χ0n) is 14.5. The molecule has 7 heteroatoms. The summed E-state index contributed by atoms with van der Waals surface area (Å²) in [5.41, 5.74) is 0.918. The predicted octanol–water partition coefficient (Wildman–Crippen LogP) is 3.68. The lowest BCUT2D eigenvalue weighted by Gasteiger charge is -2.03. The minimum Gasteiger partial charge on any atom is -0.494 e. The Kier molecular flexibility index (Phi) is 5.67.